The van der Waals surface area contributed by atoms with Crippen LogP contribution in [0.25, 0.3) is 5.69 Å². The number of carboxylic acids is 1. The number of nitrogens with zero attached hydrogens (tertiary/aromatic N) is 3. The van der Waals surface area contributed by atoms with Crippen LogP contribution in [0.5, 0.6) is 0 Å². The second-order valence-corrected chi connectivity index (χ2v) is 4.92. The van der Waals surface area contributed by atoms with E-state index in [-0.39, 0.29) is 11.1 Å². The van der Waals surface area contributed by atoms with Crippen molar-refractivity contribution in [3.8, 4) is 5.69 Å². The number of carbonyl (C=O) groups excluding carboxylic acids is 1. The second kappa shape index (κ2) is 6.87. The SMILES string of the molecule is CCC(NC(=O)c1nnn(-c2ccccc2F)c1C(F)(F)F)C(=O)O. The van der Waals surface area contributed by atoms with Gasteiger partial charge in [0, 0.05) is 0 Å². The van der Waals surface area contributed by atoms with Crippen molar-refractivity contribution >= 4 is 11.9 Å². The molecule has 2 aromatic rings. The van der Waals surface area contributed by atoms with E-state index in [1.807, 2.05) is 5.32 Å². The van der Waals surface area contributed by atoms with Crippen molar-refractivity contribution in [3.05, 3.63) is 41.5 Å². The average molecular weight is 360 g/mol. The number of nitrogens with one attached hydrogen (secondary N) is 1. The third kappa shape index (κ3) is 3.75. The predicted octanol–water partition coefficient (Wildman–Crippen LogP) is 2.02. The zero-order chi connectivity index (χ0) is 18.8. The summed E-state index contributed by atoms with van der Waals surface area (Å²) in [5.74, 6) is -3.78. The highest BCUT2D eigenvalue weighted by atomic mass is 19.4. The molecule has 0 saturated carbocycles. The highest BCUT2D eigenvalue weighted by Crippen LogP contribution is 2.33. The van der Waals surface area contributed by atoms with Crippen LogP contribution in [0.15, 0.2) is 24.3 Å². The summed E-state index contributed by atoms with van der Waals surface area (Å²) in [4.78, 5) is 23.0. The lowest BCUT2D eigenvalue weighted by atomic mass is 10.2. The zero-order valence-corrected chi connectivity index (χ0v) is 12.7. The number of alkyl halides is 3. The number of hydrogen-bond donors (Lipinski definition) is 2. The van der Waals surface area contributed by atoms with Crippen LogP contribution in [0.1, 0.15) is 29.5 Å². The number of hydrogen-bond acceptors (Lipinski definition) is 4. The molecular weight excluding hydrogens is 348 g/mol. The number of amides is 1. The number of carbonyl (C=O) groups is 2. The highest BCUT2D eigenvalue weighted by Gasteiger charge is 2.42. The van der Waals surface area contributed by atoms with Gasteiger partial charge in [-0.2, -0.15) is 13.2 Å². The number of aromatic nitrogens is 3. The third-order valence-corrected chi connectivity index (χ3v) is 3.25. The monoisotopic (exact) mass is 360 g/mol. The Bertz CT molecular complexity index is 804. The Kier molecular flexibility index (Phi) is 5.04. The maximum atomic E-state index is 13.8. The molecular formula is C14H12F4N4O3. The van der Waals surface area contributed by atoms with E-state index in [0.717, 1.165) is 12.1 Å². The van der Waals surface area contributed by atoms with Crippen LogP contribution in [0.4, 0.5) is 17.6 Å². The molecule has 0 fully saturated rings. The Labute approximate surface area is 138 Å². The third-order valence-electron chi connectivity index (χ3n) is 3.25. The Morgan fingerprint density at radius 2 is 1.96 bits per heavy atom. The molecule has 1 heterocycles. The smallest absolute Gasteiger partial charge is 0.435 e. The van der Waals surface area contributed by atoms with Crippen molar-refractivity contribution in [3.63, 3.8) is 0 Å². The normalized spacial score (nSPS) is 12.7. The molecule has 2 rings (SSSR count). The largest absolute Gasteiger partial charge is 0.480 e. The Hall–Kier alpha value is -2.98. The van der Waals surface area contributed by atoms with E-state index < -0.39 is 47.0 Å². The van der Waals surface area contributed by atoms with Crippen molar-refractivity contribution in [1.82, 2.24) is 20.3 Å². The Morgan fingerprint density at radius 3 is 2.48 bits per heavy atom. The van der Waals surface area contributed by atoms with Crippen LogP contribution in [0, 0.1) is 5.82 Å². The number of aliphatic carboxylic acids is 1. The summed E-state index contributed by atoms with van der Waals surface area (Å²) in [6.45, 7) is 1.43. The molecule has 1 atom stereocenters. The van der Waals surface area contributed by atoms with Gasteiger partial charge in [-0.1, -0.05) is 24.3 Å². The van der Waals surface area contributed by atoms with E-state index in [0.29, 0.717) is 0 Å². The molecule has 1 unspecified atom stereocenters. The van der Waals surface area contributed by atoms with Crippen molar-refractivity contribution in [2.45, 2.75) is 25.6 Å². The van der Waals surface area contributed by atoms with Crippen LogP contribution in [0.3, 0.4) is 0 Å². The molecule has 7 nitrogen and oxygen atoms in total. The first-order chi connectivity index (χ1) is 11.7. The first kappa shape index (κ1) is 18.4. The number of carboxylic acid groups (broad SMARTS) is 1. The fraction of sp³-hybridized carbons (Fsp3) is 0.286. The summed E-state index contributed by atoms with van der Waals surface area (Å²) >= 11 is 0. The maximum Gasteiger partial charge on any atom is 0.435 e. The molecule has 0 saturated heterocycles. The standard InChI is InChI=1S/C14H12F4N4O3/c1-2-8(13(24)25)19-12(23)10-11(14(16,17)18)22(21-20-10)9-6-4-3-5-7(9)15/h3-6,8H,2H2,1H3,(H,19,23)(H,24,25). The minimum absolute atomic E-state index is 0.0517. The van der Waals surface area contributed by atoms with Gasteiger partial charge in [0.05, 0.1) is 0 Å². The molecule has 0 spiro atoms. The molecule has 134 valence electrons. The second-order valence-electron chi connectivity index (χ2n) is 4.92. The first-order valence-electron chi connectivity index (χ1n) is 6.98. The van der Waals surface area contributed by atoms with Crippen LogP contribution >= 0.6 is 0 Å². The number of para-hydroxylation sites is 1. The molecule has 1 aromatic carbocycles. The molecule has 0 aliphatic heterocycles. The molecule has 11 heteroatoms. The van der Waals surface area contributed by atoms with E-state index in [9.17, 15) is 27.2 Å². The maximum absolute atomic E-state index is 13.8. The molecule has 0 radical (unpaired) electrons. The molecule has 0 aliphatic carbocycles. The Morgan fingerprint density at radius 1 is 1.32 bits per heavy atom. The van der Waals surface area contributed by atoms with Crippen LogP contribution in [0.2, 0.25) is 0 Å². The lowest BCUT2D eigenvalue weighted by Gasteiger charge is -2.14. The predicted molar refractivity (Wildman–Crippen MR) is 75.5 cm³/mol. The molecule has 1 aromatic heterocycles. The number of benzene rings is 1. The van der Waals surface area contributed by atoms with Gasteiger partial charge in [0.1, 0.15) is 17.5 Å². The van der Waals surface area contributed by atoms with Crippen molar-refractivity contribution in [2.24, 2.45) is 0 Å². The minimum atomic E-state index is -5.08. The van der Waals surface area contributed by atoms with E-state index in [4.69, 9.17) is 5.11 Å². The minimum Gasteiger partial charge on any atom is -0.480 e. The molecule has 25 heavy (non-hydrogen) atoms. The van der Waals surface area contributed by atoms with Gasteiger partial charge in [-0.05, 0) is 18.6 Å². The molecule has 2 N–H and O–H groups in total. The van der Waals surface area contributed by atoms with E-state index in [1.54, 1.807) is 0 Å². The molecule has 0 bridgehead atoms. The highest BCUT2D eigenvalue weighted by molar-refractivity contribution is 5.96. The van der Waals surface area contributed by atoms with Crippen LogP contribution < -0.4 is 5.32 Å². The quantitative estimate of drug-likeness (QED) is 0.795. The van der Waals surface area contributed by atoms with Gasteiger partial charge in [0.15, 0.2) is 11.4 Å². The van der Waals surface area contributed by atoms with E-state index >= 15 is 0 Å². The first-order valence-corrected chi connectivity index (χ1v) is 6.98. The summed E-state index contributed by atoms with van der Waals surface area (Å²) in [7, 11) is 0. The van der Waals surface area contributed by atoms with E-state index in [2.05, 4.69) is 10.3 Å². The fourth-order valence-electron chi connectivity index (χ4n) is 2.05. The van der Waals surface area contributed by atoms with Gasteiger partial charge in [0.2, 0.25) is 0 Å². The van der Waals surface area contributed by atoms with Gasteiger partial charge in [-0.25, -0.2) is 13.9 Å². The zero-order valence-electron chi connectivity index (χ0n) is 12.7. The van der Waals surface area contributed by atoms with Gasteiger partial charge in [0.25, 0.3) is 5.91 Å². The lowest BCUT2D eigenvalue weighted by molar-refractivity contribution is -0.143. The van der Waals surface area contributed by atoms with Gasteiger partial charge >= 0.3 is 12.1 Å². The topological polar surface area (TPSA) is 97.1 Å². The summed E-state index contributed by atoms with van der Waals surface area (Å²) in [5, 5.41) is 17.2. The summed E-state index contributed by atoms with van der Waals surface area (Å²) in [6, 6.07) is 3.13. The molecule has 0 aliphatic rings. The lowest BCUT2D eigenvalue weighted by Crippen LogP contribution is -2.41. The van der Waals surface area contributed by atoms with Crippen molar-refractivity contribution in [2.75, 3.05) is 0 Å². The summed E-state index contributed by atoms with van der Waals surface area (Å²) < 4.78 is 54.1. The summed E-state index contributed by atoms with van der Waals surface area (Å²) in [5.41, 5.74) is -3.29. The molecule has 1 amide bonds. The number of halogens is 4. The van der Waals surface area contributed by atoms with Crippen LogP contribution in [-0.4, -0.2) is 38.0 Å². The van der Waals surface area contributed by atoms with Crippen molar-refractivity contribution in [1.29, 1.82) is 0 Å². The average Bonchev–Trinajstić information content (AvgIpc) is 2.97. The van der Waals surface area contributed by atoms with E-state index in [1.165, 1.54) is 19.1 Å². The number of rotatable bonds is 5. The van der Waals surface area contributed by atoms with Gasteiger partial charge < -0.3 is 10.4 Å². The summed E-state index contributed by atoms with van der Waals surface area (Å²) in [6.07, 6.45) is -5.13. The van der Waals surface area contributed by atoms with Gasteiger partial charge in [-0.15, -0.1) is 5.10 Å². The van der Waals surface area contributed by atoms with Crippen molar-refractivity contribution < 1.29 is 32.3 Å². The Balaban J connectivity index is 2.52. The fourth-order valence-corrected chi connectivity index (χ4v) is 2.05. The van der Waals surface area contributed by atoms with Gasteiger partial charge in [-0.3, -0.25) is 4.79 Å². The van der Waals surface area contributed by atoms with Crippen LogP contribution in [-0.2, 0) is 11.0 Å².